The van der Waals surface area contributed by atoms with Crippen LogP contribution in [0.3, 0.4) is 0 Å². The summed E-state index contributed by atoms with van der Waals surface area (Å²) in [7, 11) is 0. The quantitative estimate of drug-likeness (QED) is 0.624. The van der Waals surface area contributed by atoms with Crippen molar-refractivity contribution in [3.63, 3.8) is 0 Å². The van der Waals surface area contributed by atoms with Crippen molar-refractivity contribution in [2.24, 2.45) is 5.73 Å². The Morgan fingerprint density at radius 1 is 1.24 bits per heavy atom. The number of phenols is 1. The number of amides is 1. The number of aliphatic hydroxyl groups is 1. The van der Waals surface area contributed by atoms with E-state index >= 15 is 0 Å². The van der Waals surface area contributed by atoms with Crippen LogP contribution in [0.25, 0.3) is 0 Å². The summed E-state index contributed by atoms with van der Waals surface area (Å²) in [5.41, 5.74) is 6.83. The lowest BCUT2D eigenvalue weighted by Gasteiger charge is -2.23. The predicted octanol–water partition coefficient (Wildman–Crippen LogP) is 1.07. The summed E-state index contributed by atoms with van der Waals surface area (Å²) in [6, 6.07) is 5.83. The summed E-state index contributed by atoms with van der Waals surface area (Å²) in [4.78, 5) is 12.1. The molecule has 1 amide bonds. The SMILES string of the molecule is N[C@H](Cc1ccc(O)cc1)C(=O)NC1CCCCCC1O. The largest absolute Gasteiger partial charge is 0.508 e. The van der Waals surface area contributed by atoms with E-state index in [1.165, 1.54) is 0 Å². The highest BCUT2D eigenvalue weighted by atomic mass is 16.3. The fourth-order valence-corrected chi connectivity index (χ4v) is 2.72. The van der Waals surface area contributed by atoms with E-state index in [1.54, 1.807) is 24.3 Å². The fourth-order valence-electron chi connectivity index (χ4n) is 2.72. The van der Waals surface area contributed by atoms with Crippen molar-refractivity contribution < 1.29 is 15.0 Å². The van der Waals surface area contributed by atoms with Crippen molar-refractivity contribution >= 4 is 5.91 Å². The Bertz CT molecular complexity index is 461. The van der Waals surface area contributed by atoms with Gasteiger partial charge in [-0.1, -0.05) is 31.4 Å². The van der Waals surface area contributed by atoms with E-state index in [1.807, 2.05) is 0 Å². The van der Waals surface area contributed by atoms with Crippen molar-refractivity contribution in [2.75, 3.05) is 0 Å². The molecule has 5 N–H and O–H groups in total. The maximum Gasteiger partial charge on any atom is 0.237 e. The van der Waals surface area contributed by atoms with Gasteiger partial charge in [0, 0.05) is 0 Å². The average Bonchev–Trinajstić information content (AvgIpc) is 2.66. The molecule has 0 bridgehead atoms. The highest BCUT2D eigenvalue weighted by molar-refractivity contribution is 5.82. The standard InChI is InChI=1S/C16H24N2O3/c17-13(10-11-6-8-12(19)9-7-11)16(21)18-14-4-2-1-3-5-15(14)20/h6-9,13-15,19-20H,1-5,10,17H2,(H,18,21)/t13-,14?,15?/m1/s1. The minimum Gasteiger partial charge on any atom is -0.508 e. The number of nitrogens with two attached hydrogens (primary N) is 1. The molecule has 1 aliphatic rings. The normalized spacial score (nSPS) is 24.1. The Balaban J connectivity index is 1.88. The second-order valence-corrected chi connectivity index (χ2v) is 5.80. The Morgan fingerprint density at radius 3 is 2.62 bits per heavy atom. The number of hydrogen-bond acceptors (Lipinski definition) is 4. The number of aliphatic hydroxyl groups excluding tert-OH is 1. The summed E-state index contributed by atoms with van der Waals surface area (Å²) in [6.07, 6.45) is 4.61. The number of rotatable bonds is 4. The molecule has 0 aliphatic heterocycles. The minimum absolute atomic E-state index is 0.189. The molecule has 1 aromatic rings. The van der Waals surface area contributed by atoms with Gasteiger partial charge in [-0.3, -0.25) is 4.79 Å². The summed E-state index contributed by atoms with van der Waals surface area (Å²) in [5, 5.41) is 22.1. The molecule has 2 rings (SSSR count). The van der Waals surface area contributed by atoms with Crippen molar-refractivity contribution in [1.29, 1.82) is 0 Å². The van der Waals surface area contributed by atoms with Gasteiger partial charge in [-0.25, -0.2) is 0 Å². The molecular weight excluding hydrogens is 268 g/mol. The summed E-state index contributed by atoms with van der Waals surface area (Å²) in [5.74, 6) is -0.0348. The molecule has 0 spiro atoms. The van der Waals surface area contributed by atoms with Crippen LogP contribution in [0.5, 0.6) is 5.75 Å². The summed E-state index contributed by atoms with van der Waals surface area (Å²) < 4.78 is 0. The van der Waals surface area contributed by atoms with Crippen molar-refractivity contribution in [1.82, 2.24) is 5.32 Å². The van der Waals surface area contributed by atoms with Gasteiger partial charge >= 0.3 is 0 Å². The molecule has 1 saturated carbocycles. The van der Waals surface area contributed by atoms with Crippen LogP contribution in [0.4, 0.5) is 0 Å². The summed E-state index contributed by atoms with van der Waals surface area (Å²) in [6.45, 7) is 0. The molecule has 0 aromatic heterocycles. The molecular formula is C16H24N2O3. The van der Waals surface area contributed by atoms with E-state index in [2.05, 4.69) is 5.32 Å². The molecule has 1 fully saturated rings. The van der Waals surface area contributed by atoms with Crippen molar-refractivity contribution in [3.05, 3.63) is 29.8 Å². The lowest BCUT2D eigenvalue weighted by molar-refractivity contribution is -0.124. The van der Waals surface area contributed by atoms with Gasteiger partial charge in [-0.15, -0.1) is 0 Å². The van der Waals surface area contributed by atoms with Crippen LogP contribution in [-0.2, 0) is 11.2 Å². The highest BCUT2D eigenvalue weighted by Gasteiger charge is 2.25. The lowest BCUT2D eigenvalue weighted by Crippen LogP contribution is -2.50. The van der Waals surface area contributed by atoms with Gasteiger partial charge in [0.15, 0.2) is 0 Å². The van der Waals surface area contributed by atoms with E-state index in [9.17, 15) is 15.0 Å². The zero-order chi connectivity index (χ0) is 15.2. The minimum atomic E-state index is -0.648. The molecule has 1 aromatic carbocycles. The lowest BCUT2D eigenvalue weighted by atomic mass is 10.0. The van der Waals surface area contributed by atoms with Crippen LogP contribution in [-0.4, -0.2) is 34.3 Å². The Hall–Kier alpha value is -1.59. The van der Waals surface area contributed by atoms with Crippen LogP contribution in [0.15, 0.2) is 24.3 Å². The van der Waals surface area contributed by atoms with Gasteiger partial charge in [0.05, 0.1) is 18.2 Å². The second kappa shape index (κ2) is 7.43. The van der Waals surface area contributed by atoms with Gasteiger partial charge in [-0.2, -0.15) is 0 Å². The number of carbonyl (C=O) groups excluding carboxylic acids is 1. The number of aromatic hydroxyl groups is 1. The number of phenolic OH excluding ortho intramolecular Hbond substituents is 1. The fraction of sp³-hybridized carbons (Fsp3) is 0.562. The molecule has 5 nitrogen and oxygen atoms in total. The molecule has 0 saturated heterocycles. The monoisotopic (exact) mass is 292 g/mol. The molecule has 1 aliphatic carbocycles. The van der Waals surface area contributed by atoms with Crippen molar-refractivity contribution in [3.8, 4) is 5.75 Å². The third-order valence-corrected chi connectivity index (χ3v) is 4.04. The predicted molar refractivity (Wildman–Crippen MR) is 80.8 cm³/mol. The first-order valence-corrected chi connectivity index (χ1v) is 7.58. The van der Waals surface area contributed by atoms with Gasteiger partial charge in [0.2, 0.25) is 5.91 Å². The van der Waals surface area contributed by atoms with Crippen LogP contribution in [0.2, 0.25) is 0 Å². The van der Waals surface area contributed by atoms with Gasteiger partial charge in [0.25, 0.3) is 0 Å². The second-order valence-electron chi connectivity index (χ2n) is 5.80. The average molecular weight is 292 g/mol. The van der Waals surface area contributed by atoms with Gasteiger partial charge in [0.1, 0.15) is 5.75 Å². The van der Waals surface area contributed by atoms with E-state index in [0.717, 1.165) is 37.7 Å². The zero-order valence-electron chi connectivity index (χ0n) is 12.2. The molecule has 21 heavy (non-hydrogen) atoms. The van der Waals surface area contributed by atoms with E-state index in [4.69, 9.17) is 5.73 Å². The molecule has 2 unspecified atom stereocenters. The van der Waals surface area contributed by atoms with Crippen LogP contribution < -0.4 is 11.1 Å². The number of nitrogens with one attached hydrogen (secondary N) is 1. The van der Waals surface area contributed by atoms with Gasteiger partial charge < -0.3 is 21.3 Å². The molecule has 0 radical (unpaired) electrons. The zero-order valence-corrected chi connectivity index (χ0v) is 12.2. The maximum absolute atomic E-state index is 12.1. The molecule has 3 atom stereocenters. The number of hydrogen-bond donors (Lipinski definition) is 4. The van der Waals surface area contributed by atoms with Crippen LogP contribution in [0, 0.1) is 0 Å². The third-order valence-electron chi connectivity index (χ3n) is 4.04. The van der Waals surface area contributed by atoms with E-state index < -0.39 is 12.1 Å². The number of carbonyl (C=O) groups is 1. The van der Waals surface area contributed by atoms with Crippen molar-refractivity contribution in [2.45, 2.75) is 56.7 Å². The number of benzene rings is 1. The maximum atomic E-state index is 12.1. The third kappa shape index (κ3) is 4.72. The Morgan fingerprint density at radius 2 is 1.90 bits per heavy atom. The van der Waals surface area contributed by atoms with Crippen LogP contribution >= 0.6 is 0 Å². The first kappa shape index (κ1) is 15.8. The Labute approximate surface area is 125 Å². The van der Waals surface area contributed by atoms with E-state index in [0.29, 0.717) is 6.42 Å². The summed E-state index contributed by atoms with van der Waals surface area (Å²) >= 11 is 0. The molecule has 0 heterocycles. The molecule has 5 heteroatoms. The topological polar surface area (TPSA) is 95.6 Å². The first-order chi connectivity index (χ1) is 10.1. The first-order valence-electron chi connectivity index (χ1n) is 7.58. The Kier molecular flexibility index (Phi) is 5.59. The van der Waals surface area contributed by atoms with Gasteiger partial charge in [-0.05, 0) is 37.0 Å². The van der Waals surface area contributed by atoms with E-state index in [-0.39, 0.29) is 17.7 Å². The molecule has 116 valence electrons. The van der Waals surface area contributed by atoms with Crippen LogP contribution in [0.1, 0.15) is 37.7 Å². The smallest absolute Gasteiger partial charge is 0.237 e. The highest BCUT2D eigenvalue weighted by Crippen LogP contribution is 2.18.